The van der Waals surface area contributed by atoms with Crippen molar-refractivity contribution in [1.29, 1.82) is 5.26 Å². The van der Waals surface area contributed by atoms with Gasteiger partial charge in [0.05, 0.1) is 18.4 Å². The van der Waals surface area contributed by atoms with Crippen LogP contribution in [0.3, 0.4) is 0 Å². The number of hydrogen-bond acceptors (Lipinski definition) is 5. The van der Waals surface area contributed by atoms with Crippen molar-refractivity contribution in [3.05, 3.63) is 77.6 Å². The van der Waals surface area contributed by atoms with E-state index in [2.05, 4.69) is 0 Å². The Balaban J connectivity index is 1.95. The van der Waals surface area contributed by atoms with Crippen molar-refractivity contribution in [2.24, 2.45) is 0 Å². The lowest BCUT2D eigenvalue weighted by molar-refractivity contribution is 0.0593. The monoisotopic (exact) mass is 374 g/mol. The second-order valence-corrected chi connectivity index (χ2v) is 6.03. The molecule has 0 aliphatic heterocycles. The molecule has 3 aromatic rings. The number of rotatable bonds is 4. The topological polar surface area (TPSA) is 101 Å². The molecule has 0 unspecified atom stereocenters. The van der Waals surface area contributed by atoms with Crippen LogP contribution in [-0.2, 0) is 4.74 Å². The first-order valence-corrected chi connectivity index (χ1v) is 8.40. The molecule has 0 atom stereocenters. The summed E-state index contributed by atoms with van der Waals surface area (Å²) in [5.41, 5.74) is 8.04. The number of methoxy groups -OCH3 is 1. The van der Waals surface area contributed by atoms with E-state index in [9.17, 15) is 14.9 Å². The zero-order valence-corrected chi connectivity index (χ0v) is 15.4. The number of amides is 1. The molecule has 1 amide bonds. The summed E-state index contributed by atoms with van der Waals surface area (Å²) >= 11 is 0. The van der Waals surface area contributed by atoms with Crippen LogP contribution < -0.4 is 10.6 Å². The van der Waals surface area contributed by atoms with Gasteiger partial charge in [-0.15, -0.1) is 0 Å². The number of anilines is 2. The van der Waals surface area contributed by atoms with E-state index in [1.807, 2.05) is 36.4 Å². The summed E-state index contributed by atoms with van der Waals surface area (Å²) in [6.45, 7) is 0. The Kier molecular flexibility index (Phi) is 5.14. The van der Waals surface area contributed by atoms with Crippen LogP contribution in [0, 0.1) is 11.3 Å². The molecule has 0 aliphatic carbocycles. The van der Waals surface area contributed by atoms with E-state index >= 15 is 0 Å². The molecule has 0 radical (unpaired) electrons. The number of carbonyl (C=O) groups excluding carboxylic acids is 2. The molecule has 140 valence electrons. The zero-order valence-electron chi connectivity index (χ0n) is 15.4. The van der Waals surface area contributed by atoms with Crippen molar-refractivity contribution in [3.63, 3.8) is 0 Å². The second-order valence-electron chi connectivity index (χ2n) is 6.03. The molecular weight excluding hydrogens is 356 g/mol. The predicted octanol–water partition coefficient (Wildman–Crippen LogP) is 2.99. The molecule has 1 heterocycles. The van der Waals surface area contributed by atoms with Crippen LogP contribution in [0.5, 0.6) is 0 Å². The van der Waals surface area contributed by atoms with Gasteiger partial charge in [-0.25, -0.2) is 4.79 Å². The van der Waals surface area contributed by atoms with E-state index in [4.69, 9.17) is 10.5 Å². The maximum absolute atomic E-state index is 12.7. The highest BCUT2D eigenvalue weighted by atomic mass is 16.5. The Morgan fingerprint density at radius 1 is 1.11 bits per heavy atom. The number of hydrogen-bond donors (Lipinski definition) is 1. The van der Waals surface area contributed by atoms with E-state index in [1.165, 1.54) is 17.9 Å². The van der Waals surface area contributed by atoms with Crippen LogP contribution >= 0.6 is 0 Å². The average molecular weight is 374 g/mol. The summed E-state index contributed by atoms with van der Waals surface area (Å²) in [5.74, 6) is -0.821. The van der Waals surface area contributed by atoms with E-state index in [1.54, 1.807) is 36.2 Å². The molecule has 0 spiro atoms. The Hall–Kier alpha value is -4.05. The molecule has 0 aliphatic rings. The number of benzene rings is 2. The molecule has 0 saturated heterocycles. The number of nitriles is 1. The molecule has 7 nitrogen and oxygen atoms in total. The Morgan fingerprint density at radius 2 is 1.75 bits per heavy atom. The number of nitrogens with two attached hydrogens (primary N) is 1. The first kappa shape index (κ1) is 18.7. The van der Waals surface area contributed by atoms with Crippen LogP contribution in [0.25, 0.3) is 5.69 Å². The van der Waals surface area contributed by atoms with Gasteiger partial charge >= 0.3 is 5.97 Å². The maximum Gasteiger partial charge on any atom is 0.357 e. The molecule has 0 bridgehead atoms. The molecule has 0 saturated carbocycles. The van der Waals surface area contributed by atoms with Gasteiger partial charge in [0.1, 0.15) is 6.07 Å². The average Bonchev–Trinajstić information content (AvgIpc) is 3.09. The number of para-hydroxylation sites is 1. The number of ether oxygens (including phenoxy) is 1. The minimum atomic E-state index is -0.650. The maximum atomic E-state index is 12.7. The predicted molar refractivity (Wildman–Crippen MR) is 105 cm³/mol. The van der Waals surface area contributed by atoms with E-state index < -0.39 is 5.97 Å². The molecule has 28 heavy (non-hydrogen) atoms. The smallest absolute Gasteiger partial charge is 0.357 e. The summed E-state index contributed by atoms with van der Waals surface area (Å²) in [7, 11) is 2.94. The van der Waals surface area contributed by atoms with Crippen molar-refractivity contribution in [2.75, 3.05) is 24.8 Å². The first-order chi connectivity index (χ1) is 13.5. The summed E-state index contributed by atoms with van der Waals surface area (Å²) in [6, 6.07) is 17.9. The lowest BCUT2D eigenvalue weighted by Crippen LogP contribution is -2.26. The summed E-state index contributed by atoms with van der Waals surface area (Å²) in [5, 5.41) is 9.20. The fraction of sp³-hybridized carbons (Fsp3) is 0.0952. The summed E-state index contributed by atoms with van der Waals surface area (Å²) in [6.07, 6.45) is 1.47. The van der Waals surface area contributed by atoms with Gasteiger partial charge in [-0.3, -0.25) is 4.79 Å². The first-order valence-electron chi connectivity index (χ1n) is 8.40. The fourth-order valence-electron chi connectivity index (χ4n) is 2.85. The zero-order chi connectivity index (χ0) is 20.3. The van der Waals surface area contributed by atoms with Gasteiger partial charge in [-0.2, -0.15) is 5.26 Å². The number of esters is 1. The standard InChI is InChI=1S/C21H18N4O3/c1-24(16-6-4-3-5-7-16)20(26)14-8-10-17(11-9-14)25-13-15(12-22)18(23)19(25)21(27)28-2/h3-11,13H,23H2,1-2H3. The van der Waals surface area contributed by atoms with Crippen molar-refractivity contribution in [3.8, 4) is 11.8 Å². The number of nitrogens with zero attached hydrogens (tertiary/aromatic N) is 3. The van der Waals surface area contributed by atoms with Gasteiger partial charge in [-0.1, -0.05) is 18.2 Å². The van der Waals surface area contributed by atoms with Crippen molar-refractivity contribution in [2.45, 2.75) is 0 Å². The Morgan fingerprint density at radius 3 is 2.32 bits per heavy atom. The van der Waals surface area contributed by atoms with Gasteiger partial charge in [-0.05, 0) is 36.4 Å². The highest BCUT2D eigenvalue weighted by Crippen LogP contribution is 2.25. The van der Waals surface area contributed by atoms with Crippen LogP contribution in [0.2, 0.25) is 0 Å². The highest BCUT2D eigenvalue weighted by Gasteiger charge is 2.22. The largest absolute Gasteiger partial charge is 0.464 e. The quantitative estimate of drug-likeness (QED) is 0.708. The van der Waals surface area contributed by atoms with Crippen molar-refractivity contribution in [1.82, 2.24) is 4.57 Å². The van der Waals surface area contributed by atoms with E-state index in [0.29, 0.717) is 11.3 Å². The van der Waals surface area contributed by atoms with E-state index in [-0.39, 0.29) is 22.9 Å². The Labute approximate surface area is 162 Å². The summed E-state index contributed by atoms with van der Waals surface area (Å²) in [4.78, 5) is 26.3. The highest BCUT2D eigenvalue weighted by molar-refractivity contribution is 6.05. The second kappa shape index (κ2) is 7.68. The van der Waals surface area contributed by atoms with Gasteiger partial charge in [0.2, 0.25) is 0 Å². The number of nitrogen functional groups attached to an aromatic ring is 1. The third-order valence-electron chi connectivity index (χ3n) is 4.38. The minimum Gasteiger partial charge on any atom is -0.464 e. The number of carbonyl (C=O) groups is 2. The Bertz CT molecular complexity index is 1060. The molecule has 2 N–H and O–H groups in total. The molecule has 2 aromatic carbocycles. The van der Waals surface area contributed by atoms with Crippen molar-refractivity contribution < 1.29 is 14.3 Å². The number of aromatic nitrogens is 1. The third kappa shape index (κ3) is 3.31. The molecule has 0 fully saturated rings. The van der Waals surface area contributed by atoms with E-state index in [0.717, 1.165) is 5.69 Å². The van der Waals surface area contributed by atoms with Crippen LogP contribution in [0.15, 0.2) is 60.8 Å². The SMILES string of the molecule is COC(=O)c1c(N)c(C#N)cn1-c1ccc(C(=O)N(C)c2ccccc2)cc1. The minimum absolute atomic E-state index is 0.0540. The summed E-state index contributed by atoms with van der Waals surface area (Å²) < 4.78 is 6.25. The van der Waals surface area contributed by atoms with Gasteiger partial charge in [0.25, 0.3) is 5.91 Å². The third-order valence-corrected chi connectivity index (χ3v) is 4.38. The van der Waals surface area contributed by atoms with Gasteiger partial charge in [0.15, 0.2) is 5.69 Å². The van der Waals surface area contributed by atoms with Crippen LogP contribution in [-0.4, -0.2) is 30.6 Å². The van der Waals surface area contributed by atoms with Crippen LogP contribution in [0.4, 0.5) is 11.4 Å². The lowest BCUT2D eigenvalue weighted by Gasteiger charge is -2.17. The molecular formula is C21H18N4O3. The molecule has 3 rings (SSSR count). The molecule has 7 heteroatoms. The fourth-order valence-corrected chi connectivity index (χ4v) is 2.85. The van der Waals surface area contributed by atoms with Gasteiger partial charge in [0, 0.05) is 30.2 Å². The van der Waals surface area contributed by atoms with Gasteiger partial charge < -0.3 is 19.9 Å². The lowest BCUT2D eigenvalue weighted by atomic mass is 10.1. The van der Waals surface area contributed by atoms with Crippen molar-refractivity contribution >= 4 is 23.3 Å². The normalized spacial score (nSPS) is 10.2. The molecule has 1 aromatic heterocycles. The van der Waals surface area contributed by atoms with Crippen LogP contribution in [0.1, 0.15) is 26.4 Å².